The lowest BCUT2D eigenvalue weighted by atomic mass is 9.92. The Labute approximate surface area is 296 Å². The van der Waals surface area contributed by atoms with Gasteiger partial charge in [-0.1, -0.05) is 36.4 Å². The molecule has 1 saturated heterocycles. The predicted molar refractivity (Wildman–Crippen MR) is 188 cm³/mol. The van der Waals surface area contributed by atoms with Crippen molar-refractivity contribution in [2.75, 3.05) is 27.3 Å². The summed E-state index contributed by atoms with van der Waals surface area (Å²) in [6.45, 7) is 5.75. The van der Waals surface area contributed by atoms with Crippen LogP contribution in [0.1, 0.15) is 46.2 Å². The van der Waals surface area contributed by atoms with Gasteiger partial charge >= 0.3 is 5.97 Å². The Kier molecular flexibility index (Phi) is 12.4. The summed E-state index contributed by atoms with van der Waals surface area (Å²) in [5.41, 5.74) is 7.74. The molecule has 0 radical (unpaired) electrons. The minimum Gasteiger partial charge on any atom is -0.481 e. The fraction of sp³-hybridized carbons (Fsp3) is 0.368. The zero-order chi connectivity index (χ0) is 36.5. The molecule has 13 nitrogen and oxygen atoms in total. The number of pyridine rings is 2. The Balaban J connectivity index is 1.23. The van der Waals surface area contributed by atoms with Crippen LogP contribution in [0.25, 0.3) is 11.1 Å². The number of carboxylic acid groups (broad SMARTS) is 1. The molecule has 0 aliphatic carbocycles. The van der Waals surface area contributed by atoms with E-state index in [-0.39, 0.29) is 45.1 Å². The van der Waals surface area contributed by atoms with Crippen molar-refractivity contribution in [1.29, 1.82) is 0 Å². The number of aromatic nitrogens is 2. The first-order chi connectivity index (χ1) is 24.6. The molecule has 0 spiro atoms. The number of rotatable bonds is 17. The van der Waals surface area contributed by atoms with Crippen molar-refractivity contribution in [2.24, 2.45) is 0 Å². The number of hydrogen-bond acceptors (Lipinski definition) is 11. The van der Waals surface area contributed by atoms with E-state index in [0.29, 0.717) is 36.6 Å². The molecule has 2 aromatic carbocycles. The highest BCUT2D eigenvalue weighted by molar-refractivity contribution is 5.79. The number of nitrogens with zero attached hydrogens (tertiary/aromatic N) is 3. The molecule has 5 rings (SSSR count). The number of ether oxygens (including phenoxy) is 4. The van der Waals surface area contributed by atoms with Crippen LogP contribution in [0.5, 0.6) is 23.5 Å². The Morgan fingerprint density at radius 1 is 0.863 bits per heavy atom. The maximum Gasteiger partial charge on any atom is 0.306 e. The van der Waals surface area contributed by atoms with E-state index in [9.17, 15) is 19.8 Å². The second kappa shape index (κ2) is 17.1. The van der Waals surface area contributed by atoms with Gasteiger partial charge < -0.3 is 44.5 Å². The molecule has 2 atom stereocenters. The van der Waals surface area contributed by atoms with Gasteiger partial charge in [-0.05, 0) is 59.4 Å². The molecular formula is C38H44N4O9. The molecule has 13 heteroatoms. The van der Waals surface area contributed by atoms with E-state index in [4.69, 9.17) is 24.1 Å². The van der Waals surface area contributed by atoms with Gasteiger partial charge in [0.2, 0.25) is 29.4 Å². The van der Waals surface area contributed by atoms with Gasteiger partial charge in [-0.3, -0.25) is 9.59 Å². The molecule has 4 aromatic rings. The summed E-state index contributed by atoms with van der Waals surface area (Å²) in [6.07, 6.45) is -1.85. The van der Waals surface area contributed by atoms with E-state index < -0.39 is 18.2 Å². The van der Waals surface area contributed by atoms with Crippen LogP contribution in [0.2, 0.25) is 0 Å². The van der Waals surface area contributed by atoms with E-state index in [0.717, 1.165) is 44.5 Å². The van der Waals surface area contributed by atoms with Gasteiger partial charge in [0.1, 0.15) is 13.2 Å². The topological polar surface area (TPSA) is 173 Å². The normalized spacial score (nSPS) is 14.7. The highest BCUT2D eigenvalue weighted by Gasteiger charge is 2.28. The Morgan fingerprint density at radius 3 is 1.92 bits per heavy atom. The standard InChI is InChI=1S/C38H44N4O9/c1-23-27(21-50-33-13-11-25(37(40-33)48-3)17-39-18-29(43)16-36(46)47)7-5-9-31(23)32-10-6-8-28(24(32)2)22-51-34-14-12-26(38(41-34)49-4)19-42-20-30(44)15-35(42)45/h5-14,29-30,39,43-44H,15-22H2,1-4H3,(H,46,47)/t29-,30-/m0/s1. The monoisotopic (exact) mass is 700 g/mol. The van der Waals surface area contributed by atoms with Crippen molar-refractivity contribution in [1.82, 2.24) is 20.2 Å². The summed E-state index contributed by atoms with van der Waals surface area (Å²) < 4.78 is 23.1. The van der Waals surface area contributed by atoms with Crippen molar-refractivity contribution < 1.29 is 43.9 Å². The minimum absolute atomic E-state index is 0.0993. The van der Waals surface area contributed by atoms with Crippen LogP contribution in [0.4, 0.5) is 0 Å². The van der Waals surface area contributed by atoms with Crippen LogP contribution in [0.3, 0.4) is 0 Å². The van der Waals surface area contributed by atoms with E-state index in [1.165, 1.54) is 14.2 Å². The average molecular weight is 701 g/mol. The molecule has 1 amide bonds. The second-order valence-electron chi connectivity index (χ2n) is 12.4. The number of amides is 1. The summed E-state index contributed by atoms with van der Waals surface area (Å²) in [6, 6.07) is 19.4. The number of carbonyl (C=O) groups is 2. The van der Waals surface area contributed by atoms with Gasteiger partial charge in [0.15, 0.2) is 0 Å². The maximum atomic E-state index is 12.1. The van der Waals surface area contributed by atoms with Gasteiger partial charge in [-0.15, -0.1) is 0 Å². The molecule has 1 aliphatic rings. The van der Waals surface area contributed by atoms with Crippen molar-refractivity contribution in [3.8, 4) is 34.6 Å². The average Bonchev–Trinajstić information content (AvgIpc) is 3.43. The summed E-state index contributed by atoms with van der Waals surface area (Å²) in [5.74, 6) is 0.371. The van der Waals surface area contributed by atoms with E-state index >= 15 is 0 Å². The zero-order valence-corrected chi connectivity index (χ0v) is 29.2. The van der Waals surface area contributed by atoms with E-state index in [1.807, 2.05) is 36.4 Å². The third-order valence-electron chi connectivity index (χ3n) is 8.81. The lowest BCUT2D eigenvalue weighted by molar-refractivity contribution is -0.139. The number of nitrogens with one attached hydrogen (secondary N) is 1. The van der Waals surface area contributed by atoms with E-state index in [1.54, 1.807) is 17.0 Å². The molecule has 4 N–H and O–H groups in total. The van der Waals surface area contributed by atoms with Gasteiger partial charge in [0, 0.05) is 42.9 Å². The van der Waals surface area contributed by atoms with Crippen LogP contribution >= 0.6 is 0 Å². The number of carbonyl (C=O) groups excluding carboxylic acids is 1. The molecular weight excluding hydrogens is 656 g/mol. The first kappa shape index (κ1) is 37.0. The van der Waals surface area contributed by atoms with Crippen molar-refractivity contribution in [3.63, 3.8) is 0 Å². The van der Waals surface area contributed by atoms with E-state index in [2.05, 4.69) is 41.3 Å². The summed E-state index contributed by atoms with van der Waals surface area (Å²) in [4.78, 5) is 33.5. The fourth-order valence-electron chi connectivity index (χ4n) is 6.00. The van der Waals surface area contributed by atoms with Crippen LogP contribution in [0.15, 0.2) is 60.7 Å². The zero-order valence-electron chi connectivity index (χ0n) is 29.2. The largest absolute Gasteiger partial charge is 0.481 e. The van der Waals surface area contributed by atoms with Gasteiger partial charge in [-0.2, -0.15) is 9.97 Å². The molecule has 51 heavy (non-hydrogen) atoms. The van der Waals surface area contributed by atoms with Crippen LogP contribution in [-0.2, 0) is 35.9 Å². The molecule has 1 fully saturated rings. The number of aliphatic hydroxyl groups is 2. The minimum atomic E-state index is -1.06. The number of likely N-dealkylation sites (tertiary alicyclic amines) is 1. The van der Waals surface area contributed by atoms with Crippen molar-refractivity contribution >= 4 is 11.9 Å². The Bertz CT molecular complexity index is 1850. The smallest absolute Gasteiger partial charge is 0.306 e. The fourth-order valence-corrected chi connectivity index (χ4v) is 6.00. The van der Waals surface area contributed by atoms with Crippen LogP contribution in [0, 0.1) is 13.8 Å². The van der Waals surface area contributed by atoms with Crippen LogP contribution in [-0.4, -0.2) is 81.6 Å². The lowest BCUT2D eigenvalue weighted by Crippen LogP contribution is -2.28. The number of methoxy groups -OCH3 is 2. The summed E-state index contributed by atoms with van der Waals surface area (Å²) >= 11 is 0. The third kappa shape index (κ3) is 9.51. The number of hydrogen-bond donors (Lipinski definition) is 4. The highest BCUT2D eigenvalue weighted by Crippen LogP contribution is 2.32. The number of carboxylic acids is 1. The molecule has 2 aromatic heterocycles. The highest BCUT2D eigenvalue weighted by atomic mass is 16.5. The van der Waals surface area contributed by atoms with Gasteiger partial charge in [0.25, 0.3) is 0 Å². The van der Waals surface area contributed by atoms with Crippen molar-refractivity contribution in [3.05, 3.63) is 94.0 Å². The Hall–Kier alpha value is -5.24. The summed E-state index contributed by atoms with van der Waals surface area (Å²) in [7, 11) is 3.04. The first-order valence-corrected chi connectivity index (χ1v) is 16.6. The lowest BCUT2D eigenvalue weighted by Gasteiger charge is -2.18. The van der Waals surface area contributed by atoms with Crippen molar-refractivity contribution in [2.45, 2.75) is 65.2 Å². The number of aliphatic carboxylic acids is 1. The number of aliphatic hydroxyl groups excluding tert-OH is 2. The number of benzene rings is 2. The second-order valence-corrected chi connectivity index (χ2v) is 12.4. The van der Waals surface area contributed by atoms with Gasteiger partial charge in [-0.25, -0.2) is 0 Å². The molecule has 3 heterocycles. The molecule has 270 valence electrons. The molecule has 0 bridgehead atoms. The summed E-state index contributed by atoms with van der Waals surface area (Å²) in [5, 5.41) is 31.5. The van der Waals surface area contributed by atoms with Gasteiger partial charge in [0.05, 0.1) is 45.8 Å². The SMILES string of the molecule is COc1nc(OCc2cccc(-c3cccc(COc4ccc(CN5C[C@@H](O)CC5=O)c(OC)n4)c3C)c2C)ccc1CNC[C@@H](O)CC(=O)O. The molecule has 0 saturated carbocycles. The third-order valence-corrected chi connectivity index (χ3v) is 8.81. The Morgan fingerprint density at radius 2 is 1.41 bits per heavy atom. The molecule has 1 aliphatic heterocycles. The maximum absolute atomic E-state index is 12.1. The molecule has 0 unspecified atom stereocenters. The predicted octanol–water partition coefficient (Wildman–Crippen LogP) is 3.95. The number of β-amino-alcohol motifs (C(OH)–C–C–N with tert-alkyl or cyclic N) is 1. The van der Waals surface area contributed by atoms with Crippen LogP contribution < -0.4 is 24.3 Å². The quantitative estimate of drug-likeness (QED) is 0.125. The first-order valence-electron chi connectivity index (χ1n) is 16.6.